The van der Waals surface area contributed by atoms with Gasteiger partial charge in [-0.05, 0) is 35.4 Å². The normalized spacial score (nSPS) is 17.3. The molecular formula is C30H36N4O6S2. The highest BCUT2D eigenvalue weighted by molar-refractivity contribution is 7.92. The molecule has 0 spiro atoms. The van der Waals surface area contributed by atoms with Gasteiger partial charge in [0.1, 0.15) is 6.54 Å². The van der Waals surface area contributed by atoms with Gasteiger partial charge in [0.25, 0.3) is 0 Å². The van der Waals surface area contributed by atoms with Crippen molar-refractivity contribution in [3.8, 4) is 0 Å². The predicted octanol–water partition coefficient (Wildman–Crippen LogP) is 2.41. The van der Waals surface area contributed by atoms with Crippen molar-refractivity contribution in [2.75, 3.05) is 69.6 Å². The van der Waals surface area contributed by atoms with Crippen molar-refractivity contribution >= 4 is 31.6 Å². The second-order valence-corrected chi connectivity index (χ2v) is 14.3. The molecule has 0 atom stereocenters. The zero-order valence-electron chi connectivity index (χ0n) is 23.6. The van der Waals surface area contributed by atoms with Crippen LogP contribution in [0.25, 0.3) is 0 Å². The number of hydrogen-bond donors (Lipinski definition) is 0. The number of carbonyl (C=O) groups is 1. The zero-order chi connectivity index (χ0) is 29.7. The summed E-state index contributed by atoms with van der Waals surface area (Å²) >= 11 is 0. The number of ether oxygens (including phenoxy) is 1. The molecule has 1 amide bonds. The zero-order valence-corrected chi connectivity index (χ0v) is 25.2. The van der Waals surface area contributed by atoms with Crippen LogP contribution >= 0.6 is 0 Å². The standard InChI is InChI=1S/C30H36N4O6S2/c1-41(36,37)34(27-12-14-28(15-13-27)42(38,39)33-20-22-40-23-21-33)24-29(35)31-16-18-32(19-17-31)30(25-8-4-2-5-9-25)26-10-6-3-7-11-26/h2-15,30H,16-24H2,1H3. The maximum atomic E-state index is 13.4. The fourth-order valence-electron chi connectivity index (χ4n) is 5.46. The number of morpholine rings is 1. The van der Waals surface area contributed by atoms with Gasteiger partial charge in [0, 0.05) is 39.3 Å². The van der Waals surface area contributed by atoms with E-state index in [2.05, 4.69) is 29.2 Å². The number of carbonyl (C=O) groups excluding carboxylic acids is 1. The van der Waals surface area contributed by atoms with Gasteiger partial charge in [-0.15, -0.1) is 0 Å². The predicted molar refractivity (Wildman–Crippen MR) is 161 cm³/mol. The summed E-state index contributed by atoms with van der Waals surface area (Å²) in [5, 5.41) is 0. The van der Waals surface area contributed by atoms with Gasteiger partial charge in [0.2, 0.25) is 26.0 Å². The SMILES string of the molecule is CS(=O)(=O)N(CC(=O)N1CCN(C(c2ccccc2)c2ccccc2)CC1)c1ccc(S(=O)(=O)N2CCOCC2)cc1. The van der Waals surface area contributed by atoms with Crippen LogP contribution in [0.15, 0.2) is 89.8 Å². The molecular weight excluding hydrogens is 576 g/mol. The third-order valence-electron chi connectivity index (χ3n) is 7.67. The highest BCUT2D eigenvalue weighted by Crippen LogP contribution is 2.30. The van der Waals surface area contributed by atoms with Crippen molar-refractivity contribution < 1.29 is 26.4 Å². The minimum absolute atomic E-state index is 0.0458. The van der Waals surface area contributed by atoms with E-state index in [9.17, 15) is 21.6 Å². The molecule has 2 saturated heterocycles. The van der Waals surface area contributed by atoms with Crippen molar-refractivity contribution in [1.82, 2.24) is 14.1 Å². The monoisotopic (exact) mass is 612 g/mol. The van der Waals surface area contributed by atoms with Crippen molar-refractivity contribution in [3.05, 3.63) is 96.1 Å². The van der Waals surface area contributed by atoms with Crippen LogP contribution in [0.5, 0.6) is 0 Å². The van der Waals surface area contributed by atoms with E-state index < -0.39 is 20.0 Å². The van der Waals surface area contributed by atoms with Gasteiger partial charge < -0.3 is 9.64 Å². The van der Waals surface area contributed by atoms with Crippen LogP contribution in [-0.4, -0.2) is 102 Å². The van der Waals surface area contributed by atoms with Crippen LogP contribution in [-0.2, 0) is 29.6 Å². The van der Waals surface area contributed by atoms with Crippen molar-refractivity contribution in [1.29, 1.82) is 0 Å². The molecule has 2 aliphatic rings. The van der Waals surface area contributed by atoms with Gasteiger partial charge in [-0.2, -0.15) is 4.31 Å². The molecule has 42 heavy (non-hydrogen) atoms. The first-order valence-electron chi connectivity index (χ1n) is 13.9. The molecule has 0 bridgehead atoms. The Hall–Kier alpha value is -3.29. The van der Waals surface area contributed by atoms with Crippen molar-refractivity contribution in [2.45, 2.75) is 10.9 Å². The number of hydrogen-bond acceptors (Lipinski definition) is 7. The van der Waals surface area contributed by atoms with Gasteiger partial charge in [0.15, 0.2) is 0 Å². The first kappa shape index (κ1) is 30.2. The molecule has 10 nitrogen and oxygen atoms in total. The Labute approximate surface area is 248 Å². The molecule has 0 aromatic heterocycles. The summed E-state index contributed by atoms with van der Waals surface area (Å²) in [6.45, 7) is 3.00. The fourth-order valence-corrected chi connectivity index (χ4v) is 7.72. The van der Waals surface area contributed by atoms with Gasteiger partial charge >= 0.3 is 0 Å². The maximum Gasteiger partial charge on any atom is 0.243 e. The van der Waals surface area contributed by atoms with Crippen molar-refractivity contribution in [3.63, 3.8) is 0 Å². The maximum absolute atomic E-state index is 13.4. The molecule has 3 aromatic carbocycles. The molecule has 2 aliphatic heterocycles. The van der Waals surface area contributed by atoms with Crippen LogP contribution in [0.2, 0.25) is 0 Å². The van der Waals surface area contributed by atoms with E-state index in [-0.39, 0.29) is 42.2 Å². The number of amides is 1. The van der Waals surface area contributed by atoms with E-state index in [1.54, 1.807) is 4.90 Å². The molecule has 0 radical (unpaired) electrons. The van der Waals surface area contributed by atoms with Crippen LogP contribution in [0.4, 0.5) is 5.69 Å². The largest absolute Gasteiger partial charge is 0.379 e. The summed E-state index contributed by atoms with van der Waals surface area (Å²) in [6, 6.07) is 26.2. The molecule has 2 heterocycles. The summed E-state index contributed by atoms with van der Waals surface area (Å²) in [7, 11) is -7.54. The van der Waals surface area contributed by atoms with Gasteiger partial charge in [-0.3, -0.25) is 14.0 Å². The van der Waals surface area contributed by atoms with E-state index in [4.69, 9.17) is 4.74 Å². The Balaban J connectivity index is 1.27. The lowest BCUT2D eigenvalue weighted by molar-refractivity contribution is -0.131. The van der Waals surface area contributed by atoms with Gasteiger partial charge in [-0.25, -0.2) is 16.8 Å². The van der Waals surface area contributed by atoms with Gasteiger partial charge in [0.05, 0.1) is 36.1 Å². The Morgan fingerprint density at radius 1 is 0.762 bits per heavy atom. The van der Waals surface area contributed by atoms with E-state index in [1.165, 1.54) is 39.7 Å². The van der Waals surface area contributed by atoms with Crippen LogP contribution in [0, 0.1) is 0 Å². The highest BCUT2D eigenvalue weighted by Gasteiger charge is 2.31. The molecule has 0 N–H and O–H groups in total. The average Bonchev–Trinajstić information content (AvgIpc) is 3.01. The fraction of sp³-hybridized carbons (Fsp3) is 0.367. The molecule has 3 aromatic rings. The molecule has 2 fully saturated rings. The second-order valence-electron chi connectivity index (χ2n) is 10.4. The molecule has 12 heteroatoms. The third kappa shape index (κ3) is 6.84. The molecule has 5 rings (SSSR count). The minimum atomic E-state index is -3.82. The van der Waals surface area contributed by atoms with E-state index in [0.717, 1.165) is 10.6 Å². The van der Waals surface area contributed by atoms with E-state index in [0.29, 0.717) is 39.4 Å². The van der Waals surface area contributed by atoms with Crippen LogP contribution in [0.1, 0.15) is 17.2 Å². The number of benzene rings is 3. The summed E-state index contributed by atoms with van der Waals surface area (Å²) in [6.07, 6.45) is 1.04. The Kier molecular flexibility index (Phi) is 9.28. The highest BCUT2D eigenvalue weighted by atomic mass is 32.2. The second kappa shape index (κ2) is 12.9. The lowest BCUT2D eigenvalue weighted by Crippen LogP contribution is -2.52. The Morgan fingerprint density at radius 3 is 1.79 bits per heavy atom. The quantitative estimate of drug-likeness (QED) is 0.365. The summed E-state index contributed by atoms with van der Waals surface area (Å²) in [5.41, 5.74) is 2.58. The van der Waals surface area contributed by atoms with E-state index in [1.807, 2.05) is 36.4 Å². The number of piperazine rings is 1. The summed E-state index contributed by atoms with van der Waals surface area (Å²) in [5.74, 6) is -0.305. The van der Waals surface area contributed by atoms with Crippen LogP contribution < -0.4 is 4.31 Å². The number of anilines is 1. The van der Waals surface area contributed by atoms with Crippen molar-refractivity contribution in [2.24, 2.45) is 0 Å². The molecule has 224 valence electrons. The summed E-state index contributed by atoms with van der Waals surface area (Å²) in [4.78, 5) is 17.5. The number of rotatable bonds is 9. The smallest absolute Gasteiger partial charge is 0.243 e. The molecule has 0 unspecified atom stereocenters. The Bertz CT molecular complexity index is 1520. The van der Waals surface area contributed by atoms with E-state index >= 15 is 0 Å². The third-order valence-corrected chi connectivity index (χ3v) is 10.7. The number of nitrogens with zero attached hydrogens (tertiary/aromatic N) is 4. The lowest BCUT2D eigenvalue weighted by atomic mass is 9.96. The first-order chi connectivity index (χ1) is 20.1. The van der Waals surface area contributed by atoms with Crippen LogP contribution in [0.3, 0.4) is 0 Å². The number of sulfonamides is 2. The molecule has 0 saturated carbocycles. The topological polar surface area (TPSA) is 108 Å². The Morgan fingerprint density at radius 2 is 1.29 bits per heavy atom. The van der Waals surface area contributed by atoms with Gasteiger partial charge in [-0.1, -0.05) is 60.7 Å². The lowest BCUT2D eigenvalue weighted by Gasteiger charge is -2.40. The molecule has 0 aliphatic carbocycles. The average molecular weight is 613 g/mol. The first-order valence-corrected chi connectivity index (χ1v) is 17.2. The summed E-state index contributed by atoms with van der Waals surface area (Å²) < 4.78 is 59.1. The minimum Gasteiger partial charge on any atom is -0.379 e.